The zero-order valence-corrected chi connectivity index (χ0v) is 28.4. The number of hydrogen-bond acceptors (Lipinski definition) is 10. The molecule has 0 spiro atoms. The van der Waals surface area contributed by atoms with Gasteiger partial charge in [0.25, 0.3) is 5.69 Å². The Kier molecular flexibility index (Phi) is 7.55. The van der Waals surface area contributed by atoms with Crippen molar-refractivity contribution in [2.45, 2.75) is 38.5 Å². The van der Waals surface area contributed by atoms with Crippen molar-refractivity contribution in [2.75, 3.05) is 26.4 Å². The number of benzene rings is 5. The molecule has 0 unspecified atom stereocenters. The Bertz CT molecular complexity index is 2190. The maximum absolute atomic E-state index is 13.9. The van der Waals surface area contributed by atoms with E-state index < -0.39 is 22.2 Å². The van der Waals surface area contributed by atoms with Crippen LogP contribution in [0.1, 0.15) is 37.0 Å². The van der Waals surface area contributed by atoms with Crippen LogP contribution in [0.3, 0.4) is 0 Å². The maximum Gasteiger partial charge on any atom is 0.376 e. The minimum atomic E-state index is -1.09. The van der Waals surface area contributed by atoms with Crippen LogP contribution >= 0.6 is 0 Å². The Morgan fingerprint density at radius 2 is 1.35 bits per heavy atom. The number of carbonyl (C=O) groups is 1. The molecule has 0 saturated heterocycles. The molecule has 0 radical (unpaired) electrons. The second-order valence-electron chi connectivity index (χ2n) is 12.9. The van der Waals surface area contributed by atoms with Crippen molar-refractivity contribution < 1.29 is 14.5 Å². The number of anilines is 4. The third-order valence-corrected chi connectivity index (χ3v) is 9.73. The van der Waals surface area contributed by atoms with E-state index in [1.807, 2.05) is 84.6 Å². The molecule has 0 fully saturated rings. The first-order valence-electron chi connectivity index (χ1n) is 16.8. The van der Waals surface area contributed by atoms with E-state index in [2.05, 4.69) is 53.2 Å². The summed E-state index contributed by atoms with van der Waals surface area (Å²) in [6.45, 7) is 6.03. The number of non-ortho nitro benzene ring substituents is 1. The molecule has 3 aliphatic rings. The van der Waals surface area contributed by atoms with E-state index in [-0.39, 0.29) is 18.1 Å². The average Bonchev–Trinajstić information content (AvgIpc) is 3.62. The highest BCUT2D eigenvalue weighted by Gasteiger charge is 2.63. The van der Waals surface area contributed by atoms with Gasteiger partial charge in [-0.1, -0.05) is 90.5 Å². The Morgan fingerprint density at radius 1 is 0.765 bits per heavy atom. The van der Waals surface area contributed by atoms with Crippen LogP contribution < -0.4 is 19.8 Å². The highest BCUT2D eigenvalue weighted by Crippen LogP contribution is 2.57. The summed E-state index contributed by atoms with van der Waals surface area (Å²) in [7, 11) is 0. The molecular formula is C40H35N7O4. The molecule has 51 heavy (non-hydrogen) atoms. The number of amidine groups is 2. The Morgan fingerprint density at radius 3 is 1.98 bits per heavy atom. The van der Waals surface area contributed by atoms with Crippen LogP contribution in [0.4, 0.5) is 28.4 Å². The summed E-state index contributed by atoms with van der Waals surface area (Å²) < 4.78 is 5.63. The Balaban J connectivity index is 1.46. The highest BCUT2D eigenvalue weighted by atomic mass is 16.6. The third-order valence-electron chi connectivity index (χ3n) is 9.73. The molecule has 0 aliphatic carbocycles. The number of rotatable bonds is 7. The number of esters is 1. The largest absolute Gasteiger partial charge is 0.460 e. The number of aryl methyl sites for hydroxylation is 1. The quantitative estimate of drug-likeness (QED) is 0.0978. The van der Waals surface area contributed by atoms with Gasteiger partial charge < -0.3 is 4.74 Å². The number of ether oxygens (including phenoxy) is 1. The standard InChI is InChI=1S/C40H35N7O4/c1-4-51-38(48)37-42-45(32-23-25-33(26-24-32)47(49)50)39(3)27-40(30-13-7-5-8-14-30)44(35-18-12-11-17-34(35)43(37)39)36(29-21-19-28(2)20-22-29)41-46(40)31-15-9-6-10-16-31/h5-26H,4,27H2,1-3H3/t39-,40+/m1/s1. The zero-order chi connectivity index (χ0) is 35.3. The lowest BCUT2D eigenvalue weighted by molar-refractivity contribution is -0.384. The lowest BCUT2D eigenvalue weighted by atomic mass is 9.85. The summed E-state index contributed by atoms with van der Waals surface area (Å²) in [6.07, 6.45) is 0.315. The molecule has 11 heteroatoms. The first-order chi connectivity index (χ1) is 24.8. The van der Waals surface area contributed by atoms with Gasteiger partial charge in [-0.2, -0.15) is 5.10 Å². The number of fused-ring (bicyclic) bond motifs is 5. The molecule has 3 aliphatic heterocycles. The summed E-state index contributed by atoms with van der Waals surface area (Å²) in [5, 5.41) is 26.0. The van der Waals surface area contributed by atoms with Crippen LogP contribution in [-0.2, 0) is 15.2 Å². The van der Waals surface area contributed by atoms with Crippen molar-refractivity contribution >= 4 is 46.1 Å². The SMILES string of the molecule is CCOC(=O)C1=NN(c2ccc([N+](=O)[O-])cc2)[C@]2(C)C[C@@]3(c4ccccc4)N(c4ccccc4)N=C(c4ccc(C)cc4)N3c3ccccc3N12. The number of nitro benzene ring substituents is 1. The van der Waals surface area contributed by atoms with Crippen LogP contribution in [0.2, 0.25) is 0 Å². The van der Waals surface area contributed by atoms with Gasteiger partial charge in [0.2, 0.25) is 5.84 Å². The van der Waals surface area contributed by atoms with Crippen molar-refractivity contribution in [3.63, 3.8) is 0 Å². The number of carbonyl (C=O) groups excluding carboxylic acids is 1. The first kappa shape index (κ1) is 31.8. The molecule has 0 amide bonds. The molecule has 0 bridgehead atoms. The fourth-order valence-corrected chi connectivity index (χ4v) is 7.53. The number of hydrazone groups is 2. The van der Waals surface area contributed by atoms with Crippen molar-refractivity contribution in [2.24, 2.45) is 10.2 Å². The van der Waals surface area contributed by atoms with Crippen LogP contribution in [0.5, 0.6) is 0 Å². The van der Waals surface area contributed by atoms with E-state index in [9.17, 15) is 14.9 Å². The van der Waals surface area contributed by atoms with Crippen LogP contribution in [-0.4, -0.2) is 34.8 Å². The molecule has 2 atom stereocenters. The summed E-state index contributed by atoms with van der Waals surface area (Å²) >= 11 is 0. The molecule has 8 rings (SSSR count). The highest BCUT2D eigenvalue weighted by molar-refractivity contribution is 6.43. The molecule has 5 aromatic carbocycles. The molecule has 11 nitrogen and oxygen atoms in total. The fraction of sp³-hybridized carbons (Fsp3) is 0.175. The van der Waals surface area contributed by atoms with Crippen LogP contribution in [0.15, 0.2) is 144 Å². The van der Waals surface area contributed by atoms with Gasteiger partial charge in [0, 0.05) is 29.7 Å². The topological polar surface area (TPSA) is 107 Å². The summed E-state index contributed by atoms with van der Waals surface area (Å²) in [5.74, 6) is 0.261. The van der Waals surface area contributed by atoms with E-state index in [0.717, 1.165) is 39.6 Å². The number of nitrogens with zero attached hydrogens (tertiary/aromatic N) is 7. The Hall–Kier alpha value is -6.49. The van der Waals surface area contributed by atoms with Gasteiger partial charge in [0.05, 0.1) is 34.3 Å². The maximum atomic E-state index is 13.9. The van der Waals surface area contributed by atoms with Gasteiger partial charge in [0.1, 0.15) is 5.66 Å². The minimum absolute atomic E-state index is 0.0464. The lowest BCUT2D eigenvalue weighted by Gasteiger charge is -2.49. The smallest absolute Gasteiger partial charge is 0.376 e. The van der Waals surface area contributed by atoms with Crippen molar-refractivity contribution in [3.05, 3.63) is 160 Å². The molecular weight excluding hydrogens is 642 g/mol. The van der Waals surface area contributed by atoms with E-state index in [4.69, 9.17) is 14.9 Å². The molecule has 0 aromatic heterocycles. The molecule has 5 aromatic rings. The van der Waals surface area contributed by atoms with Crippen molar-refractivity contribution in [1.82, 2.24) is 0 Å². The van der Waals surface area contributed by atoms with Crippen LogP contribution in [0.25, 0.3) is 0 Å². The molecule has 254 valence electrons. The van der Waals surface area contributed by atoms with E-state index >= 15 is 0 Å². The average molecular weight is 678 g/mol. The molecule has 0 N–H and O–H groups in total. The Labute approximate surface area is 295 Å². The number of hydrogen-bond donors (Lipinski definition) is 0. The van der Waals surface area contributed by atoms with E-state index in [1.54, 1.807) is 24.1 Å². The predicted octanol–water partition coefficient (Wildman–Crippen LogP) is 7.77. The van der Waals surface area contributed by atoms with E-state index in [0.29, 0.717) is 12.1 Å². The summed E-state index contributed by atoms with van der Waals surface area (Å²) in [4.78, 5) is 29.4. The lowest BCUT2D eigenvalue weighted by Crippen LogP contribution is -2.62. The first-order valence-corrected chi connectivity index (χ1v) is 16.8. The predicted molar refractivity (Wildman–Crippen MR) is 199 cm³/mol. The van der Waals surface area contributed by atoms with Crippen molar-refractivity contribution in [1.29, 1.82) is 0 Å². The van der Waals surface area contributed by atoms with Gasteiger partial charge in [-0.25, -0.2) is 14.8 Å². The fourth-order valence-electron chi connectivity index (χ4n) is 7.53. The van der Waals surface area contributed by atoms with Gasteiger partial charge >= 0.3 is 5.97 Å². The summed E-state index contributed by atoms with van der Waals surface area (Å²) in [6, 6.07) is 42.9. The van der Waals surface area contributed by atoms with Gasteiger partial charge in [-0.05, 0) is 57.2 Å². The normalized spacial score (nSPS) is 20.5. The number of nitro groups is 1. The molecule has 3 heterocycles. The second-order valence-corrected chi connectivity index (χ2v) is 12.9. The third kappa shape index (κ3) is 4.91. The molecule has 0 saturated carbocycles. The second kappa shape index (κ2) is 12.1. The van der Waals surface area contributed by atoms with Gasteiger partial charge in [0.15, 0.2) is 11.5 Å². The zero-order valence-electron chi connectivity index (χ0n) is 28.4. The monoisotopic (exact) mass is 677 g/mol. The summed E-state index contributed by atoms with van der Waals surface area (Å²) in [5.41, 5.74) is 3.83. The van der Waals surface area contributed by atoms with Crippen molar-refractivity contribution in [3.8, 4) is 0 Å². The minimum Gasteiger partial charge on any atom is -0.460 e. The van der Waals surface area contributed by atoms with Gasteiger partial charge in [-0.3, -0.25) is 19.9 Å². The van der Waals surface area contributed by atoms with Gasteiger partial charge in [-0.15, -0.1) is 5.10 Å². The number of para-hydroxylation sites is 3. The van der Waals surface area contributed by atoms with E-state index in [1.165, 1.54) is 12.1 Å². The van der Waals surface area contributed by atoms with Crippen LogP contribution in [0, 0.1) is 17.0 Å².